The van der Waals surface area contributed by atoms with Crippen LogP contribution in [0.3, 0.4) is 0 Å². The van der Waals surface area contributed by atoms with Crippen LogP contribution in [0.5, 0.6) is 0 Å². The van der Waals surface area contributed by atoms with Gasteiger partial charge in [-0.15, -0.1) is 0 Å². The van der Waals surface area contributed by atoms with Gasteiger partial charge in [-0.2, -0.15) is 5.10 Å². The van der Waals surface area contributed by atoms with Crippen molar-refractivity contribution in [2.24, 2.45) is 0 Å². The highest BCUT2D eigenvalue weighted by atomic mass is 15.1. The molecule has 1 aromatic heterocycles. The van der Waals surface area contributed by atoms with Gasteiger partial charge in [0.25, 0.3) is 0 Å². The number of aromatic nitrogens is 2. The van der Waals surface area contributed by atoms with Crippen molar-refractivity contribution in [2.75, 3.05) is 5.73 Å². The molecule has 0 unspecified atom stereocenters. The standard InChI is InChI=1S/C19H23N3/c1-11(2)19-17-10-14(5-6-18(17)21-22-19)9-16-12(3)7-15(20)8-13(16)4/h5-8,10-11H,9,20H2,1-4H3,(H,21,22). The van der Waals surface area contributed by atoms with Gasteiger partial charge in [-0.3, -0.25) is 5.10 Å². The van der Waals surface area contributed by atoms with Gasteiger partial charge in [0.15, 0.2) is 0 Å². The molecule has 22 heavy (non-hydrogen) atoms. The summed E-state index contributed by atoms with van der Waals surface area (Å²) in [6.45, 7) is 8.64. The maximum atomic E-state index is 5.92. The van der Waals surface area contributed by atoms with E-state index in [9.17, 15) is 0 Å². The van der Waals surface area contributed by atoms with Crippen molar-refractivity contribution >= 4 is 16.6 Å². The predicted molar refractivity (Wildman–Crippen MR) is 93.3 cm³/mol. The Hall–Kier alpha value is -2.29. The molecule has 3 aromatic rings. The number of aryl methyl sites for hydroxylation is 2. The van der Waals surface area contributed by atoms with Crippen LogP contribution in [0.1, 0.15) is 47.7 Å². The Morgan fingerprint density at radius 2 is 1.77 bits per heavy atom. The van der Waals surface area contributed by atoms with E-state index in [2.05, 4.69) is 68.2 Å². The third-order valence-electron chi connectivity index (χ3n) is 4.32. The first-order valence-corrected chi connectivity index (χ1v) is 7.78. The molecule has 114 valence electrons. The van der Waals surface area contributed by atoms with Crippen molar-refractivity contribution in [3.05, 3.63) is 58.3 Å². The van der Waals surface area contributed by atoms with E-state index in [4.69, 9.17) is 5.73 Å². The van der Waals surface area contributed by atoms with Crippen molar-refractivity contribution in [2.45, 2.75) is 40.0 Å². The third-order valence-corrected chi connectivity index (χ3v) is 4.32. The van der Waals surface area contributed by atoms with E-state index in [1.165, 1.54) is 33.3 Å². The number of rotatable bonds is 3. The fourth-order valence-corrected chi connectivity index (χ4v) is 3.14. The zero-order chi connectivity index (χ0) is 15.9. The van der Waals surface area contributed by atoms with Gasteiger partial charge in [0.05, 0.1) is 5.52 Å². The van der Waals surface area contributed by atoms with Crippen LogP contribution in [-0.4, -0.2) is 10.2 Å². The average molecular weight is 293 g/mol. The molecule has 0 aliphatic heterocycles. The monoisotopic (exact) mass is 293 g/mol. The Morgan fingerprint density at radius 1 is 1.09 bits per heavy atom. The van der Waals surface area contributed by atoms with Crippen LogP contribution in [0.15, 0.2) is 30.3 Å². The van der Waals surface area contributed by atoms with E-state index in [0.717, 1.165) is 17.6 Å². The number of anilines is 1. The maximum Gasteiger partial charge on any atom is 0.0924 e. The second kappa shape index (κ2) is 5.48. The summed E-state index contributed by atoms with van der Waals surface area (Å²) >= 11 is 0. The van der Waals surface area contributed by atoms with Crippen molar-refractivity contribution in [1.29, 1.82) is 0 Å². The Morgan fingerprint density at radius 3 is 2.41 bits per heavy atom. The number of benzene rings is 2. The highest BCUT2D eigenvalue weighted by Gasteiger charge is 2.11. The molecule has 0 atom stereocenters. The van der Waals surface area contributed by atoms with Crippen molar-refractivity contribution in [1.82, 2.24) is 10.2 Å². The number of nitrogens with zero attached hydrogens (tertiary/aromatic N) is 1. The molecule has 0 saturated heterocycles. The minimum atomic E-state index is 0.445. The Balaban J connectivity index is 2.03. The van der Waals surface area contributed by atoms with E-state index in [0.29, 0.717) is 5.92 Å². The molecule has 0 amide bonds. The van der Waals surface area contributed by atoms with Gasteiger partial charge in [0.2, 0.25) is 0 Å². The summed E-state index contributed by atoms with van der Waals surface area (Å²) in [4.78, 5) is 0. The topological polar surface area (TPSA) is 54.7 Å². The molecule has 0 radical (unpaired) electrons. The van der Waals surface area contributed by atoms with Crippen LogP contribution in [0, 0.1) is 13.8 Å². The molecule has 0 spiro atoms. The first kappa shape index (κ1) is 14.6. The Labute approximate surface area is 131 Å². The summed E-state index contributed by atoms with van der Waals surface area (Å²) in [5.41, 5.74) is 14.2. The van der Waals surface area contributed by atoms with Crippen LogP contribution in [0.4, 0.5) is 5.69 Å². The number of aromatic amines is 1. The van der Waals surface area contributed by atoms with Gasteiger partial charge >= 0.3 is 0 Å². The molecule has 0 fully saturated rings. The number of nitrogens with one attached hydrogen (secondary N) is 1. The summed E-state index contributed by atoms with van der Waals surface area (Å²) in [6, 6.07) is 10.7. The predicted octanol–water partition coefficient (Wildman–Crippen LogP) is 4.48. The van der Waals surface area contributed by atoms with Crippen molar-refractivity contribution in [3.8, 4) is 0 Å². The van der Waals surface area contributed by atoms with Gasteiger partial charge in [-0.05, 0) is 72.7 Å². The van der Waals surface area contributed by atoms with Crippen LogP contribution in [0.2, 0.25) is 0 Å². The molecule has 3 N–H and O–H groups in total. The van der Waals surface area contributed by atoms with E-state index in [1.54, 1.807) is 0 Å². The lowest BCUT2D eigenvalue weighted by molar-refractivity contribution is 0.818. The molecule has 0 saturated carbocycles. The summed E-state index contributed by atoms with van der Waals surface area (Å²) < 4.78 is 0. The van der Waals surface area contributed by atoms with Crippen molar-refractivity contribution < 1.29 is 0 Å². The molecule has 0 aliphatic rings. The first-order valence-electron chi connectivity index (χ1n) is 7.78. The van der Waals surface area contributed by atoms with Crippen LogP contribution in [0.25, 0.3) is 10.9 Å². The fourth-order valence-electron chi connectivity index (χ4n) is 3.14. The molecule has 1 heterocycles. The van der Waals surface area contributed by atoms with Crippen LogP contribution in [-0.2, 0) is 6.42 Å². The van der Waals surface area contributed by atoms with Gasteiger partial charge in [-0.25, -0.2) is 0 Å². The zero-order valence-electron chi connectivity index (χ0n) is 13.7. The fraction of sp³-hybridized carbons (Fsp3) is 0.316. The van der Waals surface area contributed by atoms with E-state index in [1.807, 2.05) is 0 Å². The number of nitrogen functional groups attached to an aromatic ring is 1. The highest BCUT2D eigenvalue weighted by molar-refractivity contribution is 5.82. The smallest absolute Gasteiger partial charge is 0.0924 e. The zero-order valence-corrected chi connectivity index (χ0v) is 13.7. The highest BCUT2D eigenvalue weighted by Crippen LogP contribution is 2.26. The SMILES string of the molecule is Cc1cc(N)cc(C)c1Cc1ccc2n[nH]c(C(C)C)c2c1. The summed E-state index contributed by atoms with van der Waals surface area (Å²) in [6.07, 6.45) is 0.927. The summed E-state index contributed by atoms with van der Waals surface area (Å²) in [7, 11) is 0. The minimum Gasteiger partial charge on any atom is -0.399 e. The molecule has 3 rings (SSSR count). The molecule has 2 aromatic carbocycles. The first-order chi connectivity index (χ1) is 10.5. The van der Waals surface area contributed by atoms with Gasteiger partial charge < -0.3 is 5.73 Å². The number of hydrogen-bond acceptors (Lipinski definition) is 2. The van der Waals surface area contributed by atoms with Crippen LogP contribution >= 0.6 is 0 Å². The quantitative estimate of drug-likeness (QED) is 0.700. The minimum absolute atomic E-state index is 0.445. The molecular formula is C19H23N3. The number of hydrogen-bond donors (Lipinski definition) is 2. The maximum absolute atomic E-state index is 5.92. The van der Waals surface area contributed by atoms with E-state index in [-0.39, 0.29) is 0 Å². The van der Waals surface area contributed by atoms with E-state index >= 15 is 0 Å². The molecule has 3 heteroatoms. The lowest BCUT2D eigenvalue weighted by atomic mass is 9.94. The molecule has 0 aliphatic carbocycles. The lowest BCUT2D eigenvalue weighted by Crippen LogP contribution is -1.98. The van der Waals surface area contributed by atoms with Crippen LogP contribution < -0.4 is 5.73 Å². The van der Waals surface area contributed by atoms with Gasteiger partial charge in [0, 0.05) is 16.8 Å². The van der Waals surface area contributed by atoms with Gasteiger partial charge in [-0.1, -0.05) is 19.9 Å². The largest absolute Gasteiger partial charge is 0.399 e. The number of nitrogens with two attached hydrogens (primary N) is 1. The number of fused-ring (bicyclic) bond motifs is 1. The summed E-state index contributed by atoms with van der Waals surface area (Å²) in [5.74, 6) is 0.445. The second-order valence-corrected chi connectivity index (χ2v) is 6.45. The lowest BCUT2D eigenvalue weighted by Gasteiger charge is -2.12. The second-order valence-electron chi connectivity index (χ2n) is 6.45. The van der Waals surface area contributed by atoms with Crippen molar-refractivity contribution in [3.63, 3.8) is 0 Å². The van der Waals surface area contributed by atoms with E-state index < -0.39 is 0 Å². The number of H-pyrrole nitrogens is 1. The normalized spacial score (nSPS) is 11.5. The Bertz CT molecular complexity index is 805. The third kappa shape index (κ3) is 2.59. The average Bonchev–Trinajstić information content (AvgIpc) is 2.86. The Kier molecular flexibility index (Phi) is 3.65. The molecule has 0 bridgehead atoms. The molecule has 3 nitrogen and oxygen atoms in total. The van der Waals surface area contributed by atoms with Gasteiger partial charge in [0.1, 0.15) is 0 Å². The molecular weight excluding hydrogens is 270 g/mol. The summed E-state index contributed by atoms with van der Waals surface area (Å²) in [5, 5.41) is 8.80.